The molecule has 112 valence electrons. The largest absolute Gasteiger partial charge is 0.383 e. The molecule has 0 aliphatic carbocycles. The van der Waals surface area contributed by atoms with Gasteiger partial charge >= 0.3 is 0 Å². The molecule has 7 nitrogen and oxygen atoms in total. The summed E-state index contributed by atoms with van der Waals surface area (Å²) in [6, 6.07) is 7.29. The zero-order chi connectivity index (χ0) is 15.7. The molecule has 0 spiro atoms. The summed E-state index contributed by atoms with van der Waals surface area (Å²) in [4.78, 5) is 19.0. The lowest BCUT2D eigenvalue weighted by atomic mass is 10.1. The molecule has 2 aromatic heterocycles. The molecule has 0 saturated heterocycles. The zero-order valence-electron chi connectivity index (χ0n) is 12.4. The predicted octanol–water partition coefficient (Wildman–Crippen LogP) is 2.98. The Bertz CT molecular complexity index is 839. The Balaban J connectivity index is 2.12. The van der Waals surface area contributed by atoms with Crippen molar-refractivity contribution in [2.24, 2.45) is 5.18 Å². The molecule has 0 radical (unpaired) electrons. The Morgan fingerprint density at radius 1 is 1.32 bits per heavy atom. The normalized spacial score (nSPS) is 11.2. The van der Waals surface area contributed by atoms with Crippen LogP contribution in [0.15, 0.2) is 35.8 Å². The molecule has 0 unspecified atom stereocenters. The molecular weight excluding hydrogens is 280 g/mol. The van der Waals surface area contributed by atoms with E-state index in [1.165, 1.54) is 6.33 Å². The van der Waals surface area contributed by atoms with Crippen molar-refractivity contribution in [2.45, 2.75) is 26.3 Å². The van der Waals surface area contributed by atoms with E-state index >= 15 is 0 Å². The summed E-state index contributed by atoms with van der Waals surface area (Å²) in [5, 5.41) is 8.35. The van der Waals surface area contributed by atoms with E-state index in [9.17, 15) is 4.91 Å². The van der Waals surface area contributed by atoms with E-state index in [2.05, 4.69) is 20.2 Å². The van der Waals surface area contributed by atoms with Gasteiger partial charge in [0.05, 0.1) is 11.1 Å². The van der Waals surface area contributed by atoms with Crippen molar-refractivity contribution in [1.29, 1.82) is 0 Å². The summed E-state index contributed by atoms with van der Waals surface area (Å²) in [6.45, 7) is 4.07. The first kappa shape index (κ1) is 14.1. The minimum absolute atomic E-state index is 0.161. The number of hydrogen-bond acceptors (Lipinski definition) is 6. The van der Waals surface area contributed by atoms with Crippen LogP contribution < -0.4 is 5.73 Å². The van der Waals surface area contributed by atoms with Crippen molar-refractivity contribution in [3.8, 4) is 0 Å². The summed E-state index contributed by atoms with van der Waals surface area (Å²) in [6.07, 6.45) is 1.98. The zero-order valence-corrected chi connectivity index (χ0v) is 12.4. The standard InChI is InChI=1S/C15H16N6O/c1-9(2)21-15-13(14(16)17-8-18-15)12(19-21)7-10-4-3-5-11(6-10)20-22/h3-6,8-9H,7H2,1-2H3,(H2,16,17,18). The third kappa shape index (κ3) is 2.41. The summed E-state index contributed by atoms with van der Waals surface area (Å²) >= 11 is 0. The molecule has 0 bridgehead atoms. The number of anilines is 1. The van der Waals surface area contributed by atoms with Crippen LogP contribution in [-0.2, 0) is 6.42 Å². The smallest absolute Gasteiger partial charge is 0.163 e. The van der Waals surface area contributed by atoms with Gasteiger partial charge in [-0.25, -0.2) is 14.6 Å². The van der Waals surface area contributed by atoms with Crippen molar-refractivity contribution in [3.05, 3.63) is 46.8 Å². The molecule has 0 saturated carbocycles. The Hall–Kier alpha value is -2.83. The van der Waals surface area contributed by atoms with E-state index in [0.29, 0.717) is 17.9 Å². The van der Waals surface area contributed by atoms with Crippen molar-refractivity contribution in [3.63, 3.8) is 0 Å². The minimum atomic E-state index is 0.161. The molecule has 22 heavy (non-hydrogen) atoms. The van der Waals surface area contributed by atoms with E-state index in [4.69, 9.17) is 5.73 Å². The summed E-state index contributed by atoms with van der Waals surface area (Å²) in [7, 11) is 0. The Kier molecular flexibility index (Phi) is 3.54. The van der Waals surface area contributed by atoms with Crippen molar-refractivity contribution in [1.82, 2.24) is 19.7 Å². The third-order valence-electron chi connectivity index (χ3n) is 3.47. The fourth-order valence-corrected chi connectivity index (χ4v) is 2.47. The van der Waals surface area contributed by atoms with Crippen LogP contribution >= 0.6 is 0 Å². The second kappa shape index (κ2) is 5.51. The van der Waals surface area contributed by atoms with Crippen molar-refractivity contribution in [2.75, 3.05) is 5.73 Å². The molecule has 7 heteroatoms. The fraction of sp³-hybridized carbons (Fsp3) is 0.267. The number of rotatable bonds is 4. The molecule has 0 aliphatic heterocycles. The highest BCUT2D eigenvalue weighted by molar-refractivity contribution is 5.88. The van der Waals surface area contributed by atoms with E-state index in [1.54, 1.807) is 18.2 Å². The molecule has 2 N–H and O–H groups in total. The van der Waals surface area contributed by atoms with Crippen LogP contribution in [0.4, 0.5) is 11.5 Å². The number of nitrogen functional groups attached to an aromatic ring is 1. The molecule has 0 fully saturated rings. The average molecular weight is 296 g/mol. The molecular formula is C15H16N6O. The van der Waals surface area contributed by atoms with E-state index in [1.807, 2.05) is 24.6 Å². The molecule has 1 aromatic carbocycles. The average Bonchev–Trinajstić information content (AvgIpc) is 2.88. The van der Waals surface area contributed by atoms with Crippen molar-refractivity contribution < 1.29 is 0 Å². The van der Waals surface area contributed by atoms with Gasteiger partial charge in [-0.15, -0.1) is 4.91 Å². The van der Waals surface area contributed by atoms with Crippen LogP contribution in [0.3, 0.4) is 0 Å². The first-order valence-electron chi connectivity index (χ1n) is 7.00. The van der Waals surface area contributed by atoms with Crippen LogP contribution in [-0.4, -0.2) is 19.7 Å². The maximum absolute atomic E-state index is 10.7. The van der Waals surface area contributed by atoms with Crippen LogP contribution in [0.1, 0.15) is 31.1 Å². The van der Waals surface area contributed by atoms with Gasteiger partial charge in [-0.1, -0.05) is 12.1 Å². The predicted molar refractivity (Wildman–Crippen MR) is 84.8 cm³/mol. The van der Waals surface area contributed by atoms with Gasteiger partial charge in [0, 0.05) is 12.5 Å². The lowest BCUT2D eigenvalue weighted by Gasteiger charge is -2.05. The van der Waals surface area contributed by atoms with Crippen LogP contribution in [0.5, 0.6) is 0 Å². The third-order valence-corrected chi connectivity index (χ3v) is 3.47. The molecule has 3 rings (SSSR count). The fourth-order valence-electron chi connectivity index (χ4n) is 2.47. The van der Waals surface area contributed by atoms with Gasteiger partial charge in [-0.05, 0) is 36.7 Å². The summed E-state index contributed by atoms with van der Waals surface area (Å²) < 4.78 is 1.84. The maximum Gasteiger partial charge on any atom is 0.163 e. The quantitative estimate of drug-likeness (QED) is 0.746. The highest BCUT2D eigenvalue weighted by atomic mass is 16.3. The molecule has 0 aliphatic rings. The second-order valence-electron chi connectivity index (χ2n) is 5.38. The molecule has 0 amide bonds. The molecule has 3 aromatic rings. The SMILES string of the molecule is CC(C)n1nc(Cc2cccc(N=O)c2)c2c(N)ncnc21. The Morgan fingerprint density at radius 3 is 2.86 bits per heavy atom. The number of nitrogens with two attached hydrogens (primary N) is 1. The van der Waals surface area contributed by atoms with E-state index < -0.39 is 0 Å². The van der Waals surface area contributed by atoms with Gasteiger partial charge in [0.15, 0.2) is 5.65 Å². The van der Waals surface area contributed by atoms with Crippen LogP contribution in [0.25, 0.3) is 11.0 Å². The van der Waals surface area contributed by atoms with Gasteiger partial charge < -0.3 is 5.73 Å². The maximum atomic E-state index is 10.7. The van der Waals surface area contributed by atoms with E-state index in [-0.39, 0.29) is 6.04 Å². The van der Waals surface area contributed by atoms with Gasteiger partial charge in [-0.3, -0.25) is 0 Å². The number of nitrogens with zero attached hydrogens (tertiary/aromatic N) is 5. The van der Waals surface area contributed by atoms with Crippen molar-refractivity contribution >= 4 is 22.5 Å². The summed E-state index contributed by atoms with van der Waals surface area (Å²) in [5.74, 6) is 0.413. The number of fused-ring (bicyclic) bond motifs is 1. The van der Waals surface area contributed by atoms with Gasteiger partial charge in [0.1, 0.15) is 17.8 Å². The number of nitroso groups, excluding NO2 is 1. The van der Waals surface area contributed by atoms with Gasteiger partial charge in [0.25, 0.3) is 0 Å². The highest BCUT2D eigenvalue weighted by Gasteiger charge is 2.17. The second-order valence-corrected chi connectivity index (χ2v) is 5.38. The van der Waals surface area contributed by atoms with E-state index in [0.717, 1.165) is 22.3 Å². The topological polar surface area (TPSA) is 99.0 Å². The lowest BCUT2D eigenvalue weighted by molar-refractivity contribution is 0.541. The van der Waals surface area contributed by atoms with Gasteiger partial charge in [-0.2, -0.15) is 5.10 Å². The van der Waals surface area contributed by atoms with Gasteiger partial charge in [0.2, 0.25) is 0 Å². The Morgan fingerprint density at radius 2 is 2.14 bits per heavy atom. The highest BCUT2D eigenvalue weighted by Crippen LogP contribution is 2.26. The minimum Gasteiger partial charge on any atom is -0.383 e. The molecule has 2 heterocycles. The lowest BCUT2D eigenvalue weighted by Crippen LogP contribution is -2.04. The number of benzene rings is 1. The molecule has 0 atom stereocenters. The number of hydrogen-bond donors (Lipinski definition) is 1. The number of aromatic nitrogens is 4. The first-order chi connectivity index (χ1) is 10.6. The monoisotopic (exact) mass is 296 g/mol. The van der Waals surface area contributed by atoms with Crippen LogP contribution in [0.2, 0.25) is 0 Å². The van der Waals surface area contributed by atoms with Crippen LogP contribution in [0, 0.1) is 4.91 Å². The first-order valence-corrected chi connectivity index (χ1v) is 7.00. The Labute approximate surface area is 127 Å². The summed E-state index contributed by atoms with van der Waals surface area (Å²) in [5.41, 5.74) is 8.87.